The van der Waals surface area contributed by atoms with E-state index >= 15 is 0 Å². The lowest BCUT2D eigenvalue weighted by Crippen LogP contribution is -2.47. The number of rotatable bonds is 4. The molecule has 19 heavy (non-hydrogen) atoms. The number of benzene rings is 1. The van der Waals surface area contributed by atoms with Crippen LogP contribution in [0.3, 0.4) is 0 Å². The van der Waals surface area contributed by atoms with Crippen LogP contribution in [0.1, 0.15) is 12.5 Å². The van der Waals surface area contributed by atoms with Gasteiger partial charge in [-0.15, -0.1) is 0 Å². The topological polar surface area (TPSA) is 77.0 Å². The molecular weight excluding hydrogens is 254 g/mol. The SMILES string of the molecule is C[C@H](N)[C@@](O)(Cn1cncn1)c1cc(F)ccc1F. The van der Waals surface area contributed by atoms with Gasteiger partial charge in [0.25, 0.3) is 0 Å². The zero-order valence-corrected chi connectivity index (χ0v) is 10.3. The van der Waals surface area contributed by atoms with E-state index in [4.69, 9.17) is 5.73 Å². The van der Waals surface area contributed by atoms with Crippen LogP contribution in [0, 0.1) is 11.6 Å². The first-order valence-electron chi connectivity index (χ1n) is 5.69. The zero-order chi connectivity index (χ0) is 14.0. The van der Waals surface area contributed by atoms with Crippen LogP contribution < -0.4 is 5.73 Å². The second-order valence-electron chi connectivity index (χ2n) is 4.43. The van der Waals surface area contributed by atoms with Gasteiger partial charge in [0.2, 0.25) is 0 Å². The molecule has 1 heterocycles. The van der Waals surface area contributed by atoms with Crippen molar-refractivity contribution in [3.63, 3.8) is 0 Å². The zero-order valence-electron chi connectivity index (χ0n) is 10.3. The van der Waals surface area contributed by atoms with Crippen molar-refractivity contribution in [2.75, 3.05) is 0 Å². The van der Waals surface area contributed by atoms with Gasteiger partial charge in [0, 0.05) is 11.6 Å². The third kappa shape index (κ3) is 2.61. The third-order valence-corrected chi connectivity index (χ3v) is 3.02. The molecule has 0 radical (unpaired) electrons. The fourth-order valence-corrected chi connectivity index (χ4v) is 1.87. The molecule has 5 nitrogen and oxygen atoms in total. The fraction of sp³-hybridized carbons (Fsp3) is 0.333. The highest BCUT2D eigenvalue weighted by molar-refractivity contribution is 5.26. The van der Waals surface area contributed by atoms with E-state index in [0.717, 1.165) is 18.2 Å². The van der Waals surface area contributed by atoms with Crippen LogP contribution in [0.25, 0.3) is 0 Å². The van der Waals surface area contributed by atoms with Crippen molar-refractivity contribution in [1.29, 1.82) is 0 Å². The van der Waals surface area contributed by atoms with Gasteiger partial charge in [-0.25, -0.2) is 18.4 Å². The molecule has 1 aromatic heterocycles. The summed E-state index contributed by atoms with van der Waals surface area (Å²) in [5, 5.41) is 14.5. The Bertz CT molecular complexity index is 559. The molecule has 0 saturated carbocycles. The van der Waals surface area contributed by atoms with Gasteiger partial charge in [0.05, 0.1) is 6.54 Å². The predicted octanol–water partition coefficient (Wildman–Crippen LogP) is 0.791. The van der Waals surface area contributed by atoms with Crippen LogP contribution in [0.5, 0.6) is 0 Å². The minimum Gasteiger partial charge on any atom is -0.381 e. The van der Waals surface area contributed by atoms with Crippen LogP contribution in [0.4, 0.5) is 8.78 Å². The quantitative estimate of drug-likeness (QED) is 0.859. The maximum absolute atomic E-state index is 13.8. The molecule has 3 N–H and O–H groups in total. The Balaban J connectivity index is 2.46. The maximum atomic E-state index is 13.8. The van der Waals surface area contributed by atoms with Gasteiger partial charge in [-0.05, 0) is 25.1 Å². The van der Waals surface area contributed by atoms with Gasteiger partial charge in [0.15, 0.2) is 0 Å². The van der Waals surface area contributed by atoms with Gasteiger partial charge in [-0.1, -0.05) is 0 Å². The van der Waals surface area contributed by atoms with Crippen molar-refractivity contribution in [3.8, 4) is 0 Å². The standard InChI is InChI=1S/C12H14F2N4O/c1-8(15)12(19,5-18-7-16-6-17-18)10-4-9(13)2-3-11(10)14/h2-4,6-8,19H,5,15H2,1H3/t8-,12-/m0/s1. The van der Waals surface area contributed by atoms with Gasteiger partial charge in [0.1, 0.15) is 29.9 Å². The Morgan fingerprint density at radius 3 is 2.79 bits per heavy atom. The van der Waals surface area contributed by atoms with E-state index in [1.807, 2.05) is 0 Å². The van der Waals surface area contributed by atoms with Gasteiger partial charge in [-0.3, -0.25) is 0 Å². The molecule has 102 valence electrons. The predicted molar refractivity (Wildman–Crippen MR) is 63.9 cm³/mol. The summed E-state index contributed by atoms with van der Waals surface area (Å²) in [5.74, 6) is -1.37. The van der Waals surface area contributed by atoms with Crippen LogP contribution in [0.2, 0.25) is 0 Å². The first kappa shape index (κ1) is 13.6. The van der Waals surface area contributed by atoms with Crippen LogP contribution in [-0.2, 0) is 12.1 Å². The lowest BCUT2D eigenvalue weighted by Gasteiger charge is -2.32. The molecule has 1 aromatic carbocycles. The summed E-state index contributed by atoms with van der Waals surface area (Å²) in [7, 11) is 0. The molecule has 0 saturated heterocycles. The summed E-state index contributed by atoms with van der Waals surface area (Å²) < 4.78 is 28.4. The van der Waals surface area contributed by atoms with Crippen LogP contribution >= 0.6 is 0 Å². The Morgan fingerprint density at radius 2 is 2.21 bits per heavy atom. The first-order chi connectivity index (χ1) is 8.93. The number of aromatic nitrogens is 3. The lowest BCUT2D eigenvalue weighted by molar-refractivity contribution is -0.00876. The van der Waals surface area contributed by atoms with E-state index in [9.17, 15) is 13.9 Å². The molecule has 7 heteroatoms. The van der Waals surface area contributed by atoms with Gasteiger partial charge in [-0.2, -0.15) is 5.10 Å². The van der Waals surface area contributed by atoms with E-state index in [0.29, 0.717) is 0 Å². The van der Waals surface area contributed by atoms with E-state index in [-0.39, 0.29) is 12.1 Å². The average Bonchev–Trinajstić information content (AvgIpc) is 2.84. The number of nitrogens with two attached hydrogens (primary N) is 1. The van der Waals surface area contributed by atoms with E-state index < -0.39 is 23.3 Å². The molecule has 2 atom stereocenters. The number of halogens is 2. The molecule has 2 rings (SSSR count). The Kier molecular flexibility index (Phi) is 3.59. The Hall–Kier alpha value is -1.86. The highest BCUT2D eigenvalue weighted by Crippen LogP contribution is 2.29. The minimum absolute atomic E-state index is 0.120. The number of aliphatic hydroxyl groups is 1. The maximum Gasteiger partial charge on any atom is 0.137 e. The second kappa shape index (κ2) is 5.02. The Labute approximate surface area is 108 Å². The van der Waals surface area contributed by atoms with Crippen molar-refractivity contribution in [2.24, 2.45) is 5.73 Å². The molecule has 0 spiro atoms. The summed E-state index contributed by atoms with van der Waals surface area (Å²) in [6.45, 7) is 1.40. The van der Waals surface area contributed by atoms with Crippen LogP contribution in [0.15, 0.2) is 30.9 Å². The summed E-state index contributed by atoms with van der Waals surface area (Å²) in [6, 6.07) is 2.05. The van der Waals surface area contributed by atoms with Gasteiger partial charge >= 0.3 is 0 Å². The summed E-state index contributed by atoms with van der Waals surface area (Å²) >= 11 is 0. The Morgan fingerprint density at radius 1 is 1.47 bits per heavy atom. The molecule has 0 bridgehead atoms. The number of nitrogens with zero attached hydrogens (tertiary/aromatic N) is 3. The molecule has 2 aromatic rings. The average molecular weight is 268 g/mol. The molecular formula is C12H14F2N4O. The molecule has 0 fully saturated rings. The number of hydrogen-bond acceptors (Lipinski definition) is 4. The molecule has 0 amide bonds. The van der Waals surface area contributed by atoms with E-state index in [1.165, 1.54) is 24.3 Å². The molecule has 0 aliphatic heterocycles. The van der Waals surface area contributed by atoms with Crippen molar-refractivity contribution in [2.45, 2.75) is 25.1 Å². The monoisotopic (exact) mass is 268 g/mol. The second-order valence-corrected chi connectivity index (χ2v) is 4.43. The van der Waals surface area contributed by atoms with Crippen molar-refractivity contribution < 1.29 is 13.9 Å². The molecule has 0 aliphatic rings. The minimum atomic E-state index is -1.78. The highest BCUT2D eigenvalue weighted by atomic mass is 19.1. The summed E-state index contributed by atoms with van der Waals surface area (Å²) in [5.41, 5.74) is 3.76. The van der Waals surface area contributed by atoms with Crippen molar-refractivity contribution >= 4 is 0 Å². The van der Waals surface area contributed by atoms with Crippen LogP contribution in [-0.4, -0.2) is 25.9 Å². The van der Waals surface area contributed by atoms with E-state index in [2.05, 4.69) is 10.1 Å². The molecule has 0 aliphatic carbocycles. The normalized spacial score (nSPS) is 16.1. The fourth-order valence-electron chi connectivity index (χ4n) is 1.87. The third-order valence-electron chi connectivity index (χ3n) is 3.02. The number of hydrogen-bond donors (Lipinski definition) is 2. The first-order valence-corrected chi connectivity index (χ1v) is 5.69. The van der Waals surface area contributed by atoms with Gasteiger partial charge < -0.3 is 10.8 Å². The van der Waals surface area contributed by atoms with Crippen molar-refractivity contribution in [3.05, 3.63) is 48.1 Å². The van der Waals surface area contributed by atoms with E-state index in [1.54, 1.807) is 0 Å². The van der Waals surface area contributed by atoms with Crippen molar-refractivity contribution in [1.82, 2.24) is 14.8 Å². The highest BCUT2D eigenvalue weighted by Gasteiger charge is 2.37. The summed E-state index contributed by atoms with van der Waals surface area (Å²) in [6.07, 6.45) is 2.65. The smallest absolute Gasteiger partial charge is 0.137 e. The molecule has 0 unspecified atom stereocenters. The largest absolute Gasteiger partial charge is 0.381 e. The summed E-state index contributed by atoms with van der Waals surface area (Å²) in [4.78, 5) is 3.73. The lowest BCUT2D eigenvalue weighted by atomic mass is 9.87.